The fourth-order valence-corrected chi connectivity index (χ4v) is 7.89. The maximum Gasteiger partial charge on any atom is 0.162 e. The molecule has 3 saturated carbocycles. The summed E-state index contributed by atoms with van der Waals surface area (Å²) in [6.07, 6.45) is 12.3. The fourth-order valence-electron chi connectivity index (χ4n) is 7.89. The van der Waals surface area contributed by atoms with Crippen molar-refractivity contribution in [1.82, 2.24) is 0 Å². The van der Waals surface area contributed by atoms with E-state index in [1.54, 1.807) is 0 Å². The maximum atomic E-state index is 13.5. The monoisotopic (exact) mass is 358 g/mol. The van der Waals surface area contributed by atoms with Crippen molar-refractivity contribution >= 4 is 5.78 Å². The van der Waals surface area contributed by atoms with Gasteiger partial charge in [-0.15, -0.1) is 0 Å². The molecule has 3 fully saturated rings. The summed E-state index contributed by atoms with van der Waals surface area (Å²) in [6.45, 7) is 9.38. The van der Waals surface area contributed by atoms with Gasteiger partial charge in [0.1, 0.15) is 0 Å². The van der Waals surface area contributed by atoms with Crippen LogP contribution in [-0.2, 0) is 4.79 Å². The van der Waals surface area contributed by atoms with Crippen LogP contribution in [0.3, 0.4) is 0 Å². The molecule has 0 heterocycles. The highest BCUT2D eigenvalue weighted by atomic mass is 16.3. The summed E-state index contributed by atoms with van der Waals surface area (Å²) >= 11 is 0. The van der Waals surface area contributed by atoms with Crippen LogP contribution >= 0.6 is 0 Å². The average Bonchev–Trinajstić information content (AvgIpc) is 2.96. The fraction of sp³-hybridized carbons (Fsp3) is 0.875. The number of hydrogen-bond donors (Lipinski definition) is 1. The van der Waals surface area contributed by atoms with Crippen molar-refractivity contribution in [1.29, 1.82) is 0 Å². The van der Waals surface area contributed by atoms with Gasteiger partial charge in [0.15, 0.2) is 5.78 Å². The second-order valence-electron chi connectivity index (χ2n) is 10.5. The van der Waals surface area contributed by atoms with E-state index in [9.17, 15) is 9.90 Å². The lowest BCUT2D eigenvalue weighted by atomic mass is 9.48. The minimum atomic E-state index is -0.125. The van der Waals surface area contributed by atoms with E-state index in [1.807, 2.05) is 0 Å². The van der Waals surface area contributed by atoms with Gasteiger partial charge in [0.2, 0.25) is 0 Å². The molecule has 4 rings (SSSR count). The zero-order valence-corrected chi connectivity index (χ0v) is 17.3. The Morgan fingerprint density at radius 2 is 1.96 bits per heavy atom. The lowest BCUT2D eigenvalue weighted by Crippen LogP contribution is -2.52. The first-order chi connectivity index (χ1) is 12.3. The van der Waals surface area contributed by atoms with Crippen LogP contribution in [0.15, 0.2) is 11.6 Å². The maximum absolute atomic E-state index is 13.5. The van der Waals surface area contributed by atoms with Crippen LogP contribution in [0.4, 0.5) is 0 Å². The van der Waals surface area contributed by atoms with Crippen molar-refractivity contribution in [3.05, 3.63) is 11.6 Å². The lowest BCUT2D eigenvalue weighted by molar-refractivity contribution is -0.132. The van der Waals surface area contributed by atoms with Gasteiger partial charge in [-0.2, -0.15) is 0 Å². The topological polar surface area (TPSA) is 37.3 Å². The molecule has 146 valence electrons. The van der Waals surface area contributed by atoms with Crippen LogP contribution in [0.25, 0.3) is 0 Å². The molecular formula is C24H38O2. The van der Waals surface area contributed by atoms with Gasteiger partial charge in [-0.25, -0.2) is 0 Å². The minimum Gasteiger partial charge on any atom is -0.393 e. The Labute approximate surface area is 159 Å². The van der Waals surface area contributed by atoms with Crippen LogP contribution in [0.1, 0.15) is 85.5 Å². The summed E-state index contributed by atoms with van der Waals surface area (Å²) in [4.78, 5) is 13.5. The zero-order chi connectivity index (χ0) is 18.7. The molecule has 2 unspecified atom stereocenters. The first-order valence-corrected chi connectivity index (χ1v) is 11.3. The number of carbonyl (C=O) groups excluding carboxylic acids is 1. The highest BCUT2D eigenvalue weighted by molar-refractivity contribution is 5.97. The van der Waals surface area contributed by atoms with E-state index in [0.717, 1.165) is 19.3 Å². The normalized spacial score (nSPS) is 49.0. The molecule has 0 spiro atoms. The van der Waals surface area contributed by atoms with E-state index in [4.69, 9.17) is 0 Å². The Morgan fingerprint density at radius 1 is 1.19 bits per heavy atom. The van der Waals surface area contributed by atoms with Crippen LogP contribution in [0.2, 0.25) is 0 Å². The third kappa shape index (κ3) is 2.50. The molecule has 0 aromatic rings. The number of rotatable bonds is 3. The van der Waals surface area contributed by atoms with Gasteiger partial charge in [0, 0.05) is 5.41 Å². The number of hydrogen-bond acceptors (Lipinski definition) is 2. The SMILES string of the molecule is CCC[C@@H](C)[C@H]1CC[C@H]2[C@@H]3CCC4CC(O)CC[C@]4(C)C3=CC(=O)[C@]12C. The molecule has 0 aromatic heterocycles. The Balaban J connectivity index is 1.69. The zero-order valence-electron chi connectivity index (χ0n) is 17.3. The van der Waals surface area contributed by atoms with E-state index >= 15 is 0 Å². The van der Waals surface area contributed by atoms with E-state index in [0.29, 0.717) is 35.4 Å². The molecule has 2 heteroatoms. The molecular weight excluding hydrogens is 320 g/mol. The molecule has 0 saturated heterocycles. The Bertz CT molecular complexity index is 607. The second-order valence-corrected chi connectivity index (χ2v) is 10.5. The molecule has 0 amide bonds. The van der Waals surface area contributed by atoms with Crippen LogP contribution in [0, 0.1) is 40.4 Å². The third-order valence-corrected chi connectivity index (χ3v) is 9.40. The summed E-state index contributed by atoms with van der Waals surface area (Å²) in [5, 5.41) is 10.2. The van der Waals surface area contributed by atoms with Gasteiger partial charge in [0.05, 0.1) is 6.10 Å². The summed E-state index contributed by atoms with van der Waals surface area (Å²) in [5.41, 5.74) is 1.52. The van der Waals surface area contributed by atoms with Gasteiger partial charge in [-0.3, -0.25) is 4.79 Å². The largest absolute Gasteiger partial charge is 0.393 e. The number of carbonyl (C=O) groups is 1. The van der Waals surface area contributed by atoms with Gasteiger partial charge in [0.25, 0.3) is 0 Å². The Kier molecular flexibility index (Phi) is 4.66. The Hall–Kier alpha value is -0.630. The van der Waals surface area contributed by atoms with Gasteiger partial charge in [-0.1, -0.05) is 46.1 Å². The summed E-state index contributed by atoms with van der Waals surface area (Å²) in [6, 6.07) is 0. The highest BCUT2D eigenvalue weighted by Crippen LogP contribution is 2.65. The molecule has 8 atom stereocenters. The molecule has 4 aliphatic rings. The molecule has 0 radical (unpaired) electrons. The predicted molar refractivity (Wildman–Crippen MR) is 106 cm³/mol. The summed E-state index contributed by atoms with van der Waals surface area (Å²) in [5.74, 6) is 3.41. The number of allylic oxidation sites excluding steroid dienone is 2. The standard InChI is InChI=1S/C24H38O2/c1-5-6-15(2)19-9-10-20-18-8-7-16-13-17(25)11-12-23(16,3)21(18)14-22(26)24(19,20)4/h14-20,25H,5-13H2,1-4H3/t15-,16?,17?,18+,19-,20+,23+,24-/m1/s1. The molecule has 0 aromatic carbocycles. The lowest BCUT2D eigenvalue weighted by Gasteiger charge is -2.56. The third-order valence-electron chi connectivity index (χ3n) is 9.40. The molecule has 4 aliphatic carbocycles. The van der Waals surface area contributed by atoms with Gasteiger partial charge in [-0.05, 0) is 86.0 Å². The summed E-state index contributed by atoms with van der Waals surface area (Å²) < 4.78 is 0. The van der Waals surface area contributed by atoms with Gasteiger partial charge >= 0.3 is 0 Å². The number of aliphatic hydroxyl groups is 1. The van der Waals surface area contributed by atoms with E-state index in [1.165, 1.54) is 44.1 Å². The first kappa shape index (κ1) is 18.7. The minimum absolute atomic E-state index is 0.125. The van der Waals surface area contributed by atoms with E-state index < -0.39 is 0 Å². The number of aliphatic hydroxyl groups excluding tert-OH is 1. The van der Waals surface area contributed by atoms with Crippen LogP contribution in [0.5, 0.6) is 0 Å². The van der Waals surface area contributed by atoms with Crippen molar-refractivity contribution in [3.63, 3.8) is 0 Å². The Morgan fingerprint density at radius 3 is 2.69 bits per heavy atom. The highest BCUT2D eigenvalue weighted by Gasteiger charge is 2.60. The molecule has 0 aliphatic heterocycles. The van der Waals surface area contributed by atoms with Crippen molar-refractivity contribution in [2.75, 3.05) is 0 Å². The first-order valence-electron chi connectivity index (χ1n) is 11.3. The summed E-state index contributed by atoms with van der Waals surface area (Å²) in [7, 11) is 0. The molecule has 26 heavy (non-hydrogen) atoms. The predicted octanol–water partition coefficient (Wildman–Crippen LogP) is 5.54. The van der Waals surface area contributed by atoms with Crippen molar-refractivity contribution < 1.29 is 9.90 Å². The van der Waals surface area contributed by atoms with Crippen LogP contribution < -0.4 is 0 Å². The van der Waals surface area contributed by atoms with E-state index in [2.05, 4.69) is 33.8 Å². The van der Waals surface area contributed by atoms with Crippen molar-refractivity contribution in [2.45, 2.75) is 91.6 Å². The quantitative estimate of drug-likeness (QED) is 0.719. The molecule has 1 N–H and O–H groups in total. The number of fused-ring (bicyclic) bond motifs is 5. The second kappa shape index (κ2) is 6.47. The van der Waals surface area contributed by atoms with Crippen molar-refractivity contribution in [2.24, 2.45) is 40.4 Å². The van der Waals surface area contributed by atoms with E-state index in [-0.39, 0.29) is 16.9 Å². The average molecular weight is 359 g/mol. The van der Waals surface area contributed by atoms with Crippen molar-refractivity contribution in [3.8, 4) is 0 Å². The van der Waals surface area contributed by atoms with Crippen LogP contribution in [-0.4, -0.2) is 17.0 Å². The smallest absolute Gasteiger partial charge is 0.162 e. The molecule has 0 bridgehead atoms. The molecule has 2 nitrogen and oxygen atoms in total. The number of ketones is 1. The van der Waals surface area contributed by atoms with Gasteiger partial charge < -0.3 is 5.11 Å².